The van der Waals surface area contributed by atoms with Gasteiger partial charge in [0.1, 0.15) is 11.5 Å². The number of ether oxygens (including phenoxy) is 2. The quantitative estimate of drug-likeness (QED) is 0.829. The fraction of sp³-hybridized carbons (Fsp3) is 0.333. The second kappa shape index (κ2) is 9.12. The lowest BCUT2D eigenvalue weighted by molar-refractivity contribution is -0.133. The maximum atomic E-state index is 12.4. The maximum absolute atomic E-state index is 12.4. The van der Waals surface area contributed by atoms with E-state index in [9.17, 15) is 9.59 Å². The lowest BCUT2D eigenvalue weighted by Gasteiger charge is -2.36. The van der Waals surface area contributed by atoms with Crippen molar-refractivity contribution in [2.75, 3.05) is 50.1 Å². The van der Waals surface area contributed by atoms with Gasteiger partial charge in [0.2, 0.25) is 5.91 Å². The van der Waals surface area contributed by atoms with Gasteiger partial charge in [-0.1, -0.05) is 0 Å². The lowest BCUT2D eigenvalue weighted by Crippen LogP contribution is -2.50. The Bertz CT molecular complexity index is 797. The summed E-state index contributed by atoms with van der Waals surface area (Å²) >= 11 is 0. The van der Waals surface area contributed by atoms with E-state index >= 15 is 0 Å². The Morgan fingerprint density at radius 3 is 2.11 bits per heavy atom. The average molecular weight is 383 g/mol. The summed E-state index contributed by atoms with van der Waals surface area (Å²) in [6.45, 7) is 4.35. The van der Waals surface area contributed by atoms with Crippen LogP contribution in [0.3, 0.4) is 0 Å². The smallest absolute Gasteiger partial charge is 0.260 e. The molecule has 3 rings (SSSR count). The second-order valence-corrected chi connectivity index (χ2v) is 6.56. The van der Waals surface area contributed by atoms with E-state index in [1.807, 2.05) is 29.2 Å². The van der Waals surface area contributed by atoms with Crippen LogP contribution in [0.5, 0.6) is 11.5 Å². The van der Waals surface area contributed by atoms with Gasteiger partial charge in [0.15, 0.2) is 6.61 Å². The summed E-state index contributed by atoms with van der Waals surface area (Å²) in [5.41, 5.74) is 1.82. The van der Waals surface area contributed by atoms with Crippen molar-refractivity contribution in [3.63, 3.8) is 0 Å². The first-order valence-electron chi connectivity index (χ1n) is 9.22. The number of hydrogen-bond acceptors (Lipinski definition) is 5. The number of rotatable bonds is 6. The standard InChI is InChI=1S/C21H25N3O4/c1-16(25)22-17-3-7-20(8-4-17)28-15-21(26)24-13-11-23(12-14-24)18-5-9-19(27-2)10-6-18/h3-10H,11-15H2,1-2H3,(H,22,25). The Kier molecular flexibility index (Phi) is 6.37. The molecule has 2 amide bonds. The second-order valence-electron chi connectivity index (χ2n) is 6.56. The van der Waals surface area contributed by atoms with Crippen LogP contribution in [0.1, 0.15) is 6.92 Å². The summed E-state index contributed by atoms with van der Waals surface area (Å²) in [6, 6.07) is 14.9. The number of amides is 2. The van der Waals surface area contributed by atoms with Gasteiger partial charge in [-0.05, 0) is 48.5 Å². The minimum Gasteiger partial charge on any atom is -0.497 e. The molecule has 7 heteroatoms. The molecule has 1 fully saturated rings. The van der Waals surface area contributed by atoms with Crippen molar-refractivity contribution < 1.29 is 19.1 Å². The summed E-state index contributed by atoms with van der Waals surface area (Å²) in [6.07, 6.45) is 0. The number of anilines is 2. The van der Waals surface area contributed by atoms with Crippen molar-refractivity contribution in [1.82, 2.24) is 4.90 Å². The molecule has 1 aliphatic rings. The van der Waals surface area contributed by atoms with Gasteiger partial charge in [-0.15, -0.1) is 0 Å². The number of methoxy groups -OCH3 is 1. The number of carbonyl (C=O) groups is 2. The third-order valence-corrected chi connectivity index (χ3v) is 4.61. The third kappa shape index (κ3) is 5.16. The van der Waals surface area contributed by atoms with Gasteiger partial charge in [-0.3, -0.25) is 9.59 Å². The highest BCUT2D eigenvalue weighted by Gasteiger charge is 2.21. The van der Waals surface area contributed by atoms with Gasteiger partial charge >= 0.3 is 0 Å². The highest BCUT2D eigenvalue weighted by molar-refractivity contribution is 5.88. The number of benzene rings is 2. The van der Waals surface area contributed by atoms with Crippen LogP contribution in [0.4, 0.5) is 11.4 Å². The van der Waals surface area contributed by atoms with Crippen LogP contribution in [-0.2, 0) is 9.59 Å². The van der Waals surface area contributed by atoms with Crippen LogP contribution >= 0.6 is 0 Å². The van der Waals surface area contributed by atoms with E-state index < -0.39 is 0 Å². The van der Waals surface area contributed by atoms with Crippen LogP contribution in [0.25, 0.3) is 0 Å². The molecule has 1 N–H and O–H groups in total. The zero-order chi connectivity index (χ0) is 19.9. The average Bonchev–Trinajstić information content (AvgIpc) is 2.73. The van der Waals surface area contributed by atoms with E-state index in [1.54, 1.807) is 31.4 Å². The SMILES string of the molecule is COc1ccc(N2CCN(C(=O)COc3ccc(NC(C)=O)cc3)CC2)cc1. The van der Waals surface area contributed by atoms with Gasteiger partial charge in [0, 0.05) is 44.5 Å². The van der Waals surface area contributed by atoms with Crippen LogP contribution in [0, 0.1) is 0 Å². The highest BCUT2D eigenvalue weighted by atomic mass is 16.5. The van der Waals surface area contributed by atoms with Crippen molar-refractivity contribution in [2.45, 2.75) is 6.92 Å². The fourth-order valence-electron chi connectivity index (χ4n) is 3.08. The summed E-state index contributed by atoms with van der Waals surface area (Å²) in [5.74, 6) is 1.28. The third-order valence-electron chi connectivity index (χ3n) is 4.61. The molecule has 2 aromatic rings. The fourth-order valence-corrected chi connectivity index (χ4v) is 3.08. The predicted molar refractivity (Wildman–Crippen MR) is 108 cm³/mol. The minimum atomic E-state index is -0.127. The van der Waals surface area contributed by atoms with E-state index in [-0.39, 0.29) is 18.4 Å². The number of nitrogens with zero attached hydrogens (tertiary/aromatic N) is 2. The largest absolute Gasteiger partial charge is 0.497 e. The van der Waals surface area contributed by atoms with Crippen LogP contribution in [0.15, 0.2) is 48.5 Å². The first-order chi connectivity index (χ1) is 13.5. The molecule has 0 saturated carbocycles. The van der Waals surface area contributed by atoms with Crippen LogP contribution in [-0.4, -0.2) is 56.6 Å². The maximum Gasteiger partial charge on any atom is 0.260 e. The van der Waals surface area contributed by atoms with E-state index in [0.717, 1.165) is 24.5 Å². The Morgan fingerprint density at radius 1 is 0.929 bits per heavy atom. The molecular formula is C21H25N3O4. The molecule has 1 aliphatic heterocycles. The number of nitrogens with one attached hydrogen (secondary N) is 1. The zero-order valence-corrected chi connectivity index (χ0v) is 16.2. The number of carbonyl (C=O) groups excluding carboxylic acids is 2. The van der Waals surface area contributed by atoms with Crippen molar-refractivity contribution in [2.24, 2.45) is 0 Å². The number of hydrogen-bond donors (Lipinski definition) is 1. The summed E-state index contributed by atoms with van der Waals surface area (Å²) in [5, 5.41) is 2.69. The zero-order valence-electron chi connectivity index (χ0n) is 16.2. The molecule has 28 heavy (non-hydrogen) atoms. The molecule has 0 radical (unpaired) electrons. The Morgan fingerprint density at radius 2 is 1.54 bits per heavy atom. The summed E-state index contributed by atoms with van der Waals surface area (Å²) in [7, 11) is 1.65. The van der Waals surface area contributed by atoms with Crippen molar-refractivity contribution in [3.05, 3.63) is 48.5 Å². The van der Waals surface area contributed by atoms with E-state index in [0.29, 0.717) is 24.5 Å². The molecule has 0 atom stereocenters. The molecule has 1 saturated heterocycles. The van der Waals surface area contributed by atoms with Crippen molar-refractivity contribution in [3.8, 4) is 11.5 Å². The predicted octanol–water partition coefficient (Wildman–Crippen LogP) is 2.38. The van der Waals surface area contributed by atoms with Gasteiger partial charge in [0.05, 0.1) is 7.11 Å². The van der Waals surface area contributed by atoms with Crippen LogP contribution < -0.4 is 19.7 Å². The molecule has 1 heterocycles. The topological polar surface area (TPSA) is 71.1 Å². The first kappa shape index (κ1) is 19.5. The van der Waals surface area contributed by atoms with E-state index in [2.05, 4.69) is 10.2 Å². The molecule has 0 bridgehead atoms. The van der Waals surface area contributed by atoms with Gasteiger partial charge in [0.25, 0.3) is 5.91 Å². The molecule has 0 aliphatic carbocycles. The van der Waals surface area contributed by atoms with E-state index in [4.69, 9.17) is 9.47 Å². The Balaban J connectivity index is 1.45. The van der Waals surface area contributed by atoms with E-state index in [1.165, 1.54) is 6.92 Å². The first-order valence-corrected chi connectivity index (χ1v) is 9.22. The number of piperazine rings is 1. The Labute approximate surface area is 164 Å². The molecule has 0 unspecified atom stereocenters. The Hall–Kier alpha value is -3.22. The lowest BCUT2D eigenvalue weighted by atomic mass is 10.2. The molecule has 0 spiro atoms. The van der Waals surface area contributed by atoms with Crippen molar-refractivity contribution in [1.29, 1.82) is 0 Å². The van der Waals surface area contributed by atoms with Gasteiger partial charge in [-0.25, -0.2) is 0 Å². The molecule has 148 valence electrons. The van der Waals surface area contributed by atoms with Crippen LogP contribution in [0.2, 0.25) is 0 Å². The van der Waals surface area contributed by atoms with Gasteiger partial charge in [-0.2, -0.15) is 0 Å². The monoisotopic (exact) mass is 383 g/mol. The summed E-state index contributed by atoms with van der Waals surface area (Å²) < 4.78 is 10.8. The highest BCUT2D eigenvalue weighted by Crippen LogP contribution is 2.21. The van der Waals surface area contributed by atoms with Gasteiger partial charge < -0.3 is 24.6 Å². The normalized spacial score (nSPS) is 13.8. The minimum absolute atomic E-state index is 0.00200. The molecule has 7 nitrogen and oxygen atoms in total. The van der Waals surface area contributed by atoms with Crippen molar-refractivity contribution >= 4 is 23.2 Å². The summed E-state index contributed by atoms with van der Waals surface area (Å²) in [4.78, 5) is 27.5. The molecular weight excluding hydrogens is 358 g/mol. The molecule has 2 aromatic carbocycles. The molecule has 0 aromatic heterocycles.